The zero-order valence-corrected chi connectivity index (χ0v) is 52.3. The molecule has 0 aromatic heterocycles. The Hall–Kier alpha value is -7.65. The fraction of sp³-hybridized carbons (Fsp3) is 0.554. The third-order valence-corrected chi connectivity index (χ3v) is 18.8. The fourth-order valence-electron chi connectivity index (χ4n) is 13.9. The van der Waals surface area contributed by atoms with Gasteiger partial charge in [0, 0.05) is 51.0 Å². The molecule has 510 valence electrons. The minimum atomic E-state index is -2.60. The summed E-state index contributed by atoms with van der Waals surface area (Å²) in [5.74, 6) is -11.0. The number of hydrogen-bond donors (Lipinski definition) is 10. The summed E-state index contributed by atoms with van der Waals surface area (Å²) in [5.41, 5.74) is -8.45. The monoisotopic (exact) mass is 1320 g/mol. The minimum Gasteiger partial charge on any atom is -0.464 e. The number of ether oxygens (including phenoxy) is 10. The Kier molecular flexibility index (Phi) is 21.3. The zero-order valence-electron chi connectivity index (χ0n) is 52.3. The lowest BCUT2D eigenvalue weighted by Gasteiger charge is -2.67. The predicted molar refractivity (Wildman–Crippen MR) is 315 cm³/mol. The van der Waals surface area contributed by atoms with Crippen molar-refractivity contribution >= 4 is 53.4 Å². The van der Waals surface area contributed by atoms with E-state index in [2.05, 4.69) is 10.6 Å². The lowest BCUT2D eigenvalue weighted by molar-refractivity contribution is -0.346. The quantitative estimate of drug-likeness (QED) is 0.0292. The Balaban J connectivity index is 1.04. The van der Waals surface area contributed by atoms with Crippen molar-refractivity contribution in [2.75, 3.05) is 19.8 Å². The van der Waals surface area contributed by atoms with Crippen molar-refractivity contribution in [3.05, 3.63) is 119 Å². The molecule has 3 aromatic rings. The van der Waals surface area contributed by atoms with E-state index in [0.717, 1.165) is 20.8 Å². The number of nitrogens with one attached hydrogen (secondary N) is 2. The summed E-state index contributed by atoms with van der Waals surface area (Å²) in [6.45, 7) is 6.96. The second kappa shape index (κ2) is 28.4. The van der Waals surface area contributed by atoms with Crippen LogP contribution < -0.4 is 10.6 Å². The Morgan fingerprint density at radius 2 is 1.38 bits per heavy atom. The molecule has 29 heteroatoms. The molecule has 3 aliphatic heterocycles. The van der Waals surface area contributed by atoms with Crippen LogP contribution in [-0.4, -0.2) is 223 Å². The number of aliphatic hydroxyl groups excluding tert-OH is 7. The standard InChI is InChI=1S/C65H78N2O27/c1-30-37(27-65(84)55(93-57(80)36-22-15-10-16-23-36)53-63(7,39(72)26-40-64(53,29-86-40)94-33(4)71)54(78)49(87-32(3)70)42(30)62(65,5)6)88-60(83)51(43(34-18-11-8-12-19-34)67-56(79)35-20-13-9-14-21-35)90-41(73)24-17-25-85-59(82)52-47(76)46(75)48(77)61(92-52)91-50-44(66-31(2)69)58(81)89-38(28-68)45(50)74/h8-16,18-23,37-40,43-53,55,58,61,68,72,74-77,81,84H,17,24-29H2,1-7H3,(H,66,69)(H,67,79)/t37-,38+,39-,40+,43-,44+,45+,46-,47-,48+,49+,50+,51+,52-,53-,55-,58+,61+,63+,64-,65+/m0/s1. The highest BCUT2D eigenvalue weighted by molar-refractivity contribution is 5.96. The Morgan fingerprint density at radius 1 is 0.755 bits per heavy atom. The molecule has 3 heterocycles. The van der Waals surface area contributed by atoms with E-state index in [1.807, 2.05) is 0 Å². The summed E-state index contributed by atoms with van der Waals surface area (Å²) in [6, 6.07) is 19.9. The van der Waals surface area contributed by atoms with Gasteiger partial charge in [0.15, 0.2) is 36.2 Å². The van der Waals surface area contributed by atoms with Crippen LogP contribution in [0.1, 0.15) is 106 Å². The third-order valence-electron chi connectivity index (χ3n) is 18.8. The van der Waals surface area contributed by atoms with Gasteiger partial charge in [-0.05, 0) is 61.2 Å². The maximum Gasteiger partial charge on any atom is 0.350 e. The second-order valence-corrected chi connectivity index (χ2v) is 25.1. The number of esters is 6. The summed E-state index contributed by atoms with van der Waals surface area (Å²) in [7, 11) is 0. The van der Waals surface area contributed by atoms with Gasteiger partial charge in [-0.3, -0.25) is 28.8 Å². The van der Waals surface area contributed by atoms with Gasteiger partial charge in [0.25, 0.3) is 5.91 Å². The van der Waals surface area contributed by atoms with E-state index < -0.39 is 224 Å². The molecule has 21 atom stereocenters. The van der Waals surface area contributed by atoms with Crippen molar-refractivity contribution < 1.29 is 131 Å². The number of amides is 2. The molecule has 10 N–H and O–H groups in total. The largest absolute Gasteiger partial charge is 0.464 e. The van der Waals surface area contributed by atoms with Crippen molar-refractivity contribution in [1.82, 2.24) is 10.6 Å². The second-order valence-electron chi connectivity index (χ2n) is 25.1. The molecule has 5 fully saturated rings. The van der Waals surface area contributed by atoms with E-state index in [4.69, 9.17) is 47.4 Å². The first-order chi connectivity index (χ1) is 44.4. The third kappa shape index (κ3) is 13.5. The fourth-order valence-corrected chi connectivity index (χ4v) is 13.9. The normalized spacial score (nSPS) is 34.7. The van der Waals surface area contributed by atoms with Gasteiger partial charge in [-0.2, -0.15) is 0 Å². The van der Waals surface area contributed by atoms with Crippen LogP contribution in [-0.2, 0) is 80.9 Å². The first-order valence-corrected chi connectivity index (χ1v) is 30.5. The summed E-state index contributed by atoms with van der Waals surface area (Å²) in [5, 5.41) is 95.5. The van der Waals surface area contributed by atoms with Gasteiger partial charge in [-0.15, -0.1) is 0 Å². The van der Waals surface area contributed by atoms with Crippen LogP contribution in [0.25, 0.3) is 0 Å². The predicted octanol–water partition coefficient (Wildman–Crippen LogP) is -0.622. The van der Waals surface area contributed by atoms with E-state index in [-0.39, 0.29) is 34.3 Å². The van der Waals surface area contributed by atoms with E-state index in [9.17, 15) is 74.4 Å². The Labute approximate surface area is 538 Å². The number of carbonyl (C=O) groups is 9. The number of hydrogen-bond acceptors (Lipinski definition) is 27. The highest BCUT2D eigenvalue weighted by atomic mass is 16.7. The van der Waals surface area contributed by atoms with E-state index in [1.54, 1.807) is 54.6 Å². The van der Waals surface area contributed by atoms with Crippen LogP contribution in [0.4, 0.5) is 0 Å². The van der Waals surface area contributed by atoms with Crippen LogP contribution in [0.15, 0.2) is 102 Å². The molecule has 0 spiro atoms. The molecule has 29 nitrogen and oxygen atoms in total. The average molecular weight is 1320 g/mol. The molecular weight excluding hydrogens is 1240 g/mol. The molecule has 2 bridgehead atoms. The van der Waals surface area contributed by atoms with Crippen molar-refractivity contribution in [1.29, 1.82) is 0 Å². The number of aliphatic hydroxyl groups is 8. The van der Waals surface area contributed by atoms with Crippen molar-refractivity contribution in [3.8, 4) is 0 Å². The van der Waals surface area contributed by atoms with Crippen LogP contribution in [0.2, 0.25) is 0 Å². The molecule has 6 aliphatic rings. The molecule has 3 saturated heterocycles. The number of Topliss-reactive ketones (excluding diaryl/α,β-unsaturated/α-hetero) is 1. The van der Waals surface area contributed by atoms with Gasteiger partial charge in [0.2, 0.25) is 12.0 Å². The summed E-state index contributed by atoms with van der Waals surface area (Å²) in [6.07, 6.45) is -30.5. The topological polar surface area (TPSA) is 432 Å². The van der Waals surface area contributed by atoms with Crippen LogP contribution >= 0.6 is 0 Å². The summed E-state index contributed by atoms with van der Waals surface area (Å²) < 4.78 is 58.6. The summed E-state index contributed by atoms with van der Waals surface area (Å²) in [4.78, 5) is 127. The van der Waals surface area contributed by atoms with Gasteiger partial charge in [0.05, 0.1) is 42.8 Å². The first kappa shape index (κ1) is 70.7. The number of rotatable bonds is 20. The van der Waals surface area contributed by atoms with Crippen molar-refractivity contribution in [2.45, 2.75) is 189 Å². The van der Waals surface area contributed by atoms with Crippen LogP contribution in [0.5, 0.6) is 0 Å². The molecule has 94 heavy (non-hydrogen) atoms. The number of carbonyl (C=O) groups excluding carboxylic acids is 9. The maximum absolute atomic E-state index is 15.9. The van der Waals surface area contributed by atoms with Crippen molar-refractivity contribution in [3.63, 3.8) is 0 Å². The van der Waals surface area contributed by atoms with E-state index >= 15 is 9.59 Å². The van der Waals surface area contributed by atoms with E-state index in [0.29, 0.717) is 0 Å². The minimum absolute atomic E-state index is 0.00983. The molecule has 0 radical (unpaired) electrons. The Morgan fingerprint density at radius 3 is 1.97 bits per heavy atom. The van der Waals surface area contributed by atoms with Gasteiger partial charge in [0.1, 0.15) is 72.6 Å². The molecule has 9 rings (SSSR count). The number of ketones is 1. The lowest BCUT2D eigenvalue weighted by atomic mass is 9.44. The lowest BCUT2D eigenvalue weighted by Crippen LogP contribution is -2.82. The number of benzene rings is 3. The number of fused-ring (bicyclic) bond motifs is 5. The summed E-state index contributed by atoms with van der Waals surface area (Å²) >= 11 is 0. The zero-order chi connectivity index (χ0) is 68.5. The van der Waals surface area contributed by atoms with Gasteiger partial charge < -0.3 is 98.9 Å². The molecule has 0 unspecified atom stereocenters. The highest BCUT2D eigenvalue weighted by Crippen LogP contribution is 2.64. The van der Waals surface area contributed by atoms with Crippen LogP contribution in [0.3, 0.4) is 0 Å². The maximum atomic E-state index is 15.9. The molecular formula is C65H78N2O27. The first-order valence-electron chi connectivity index (χ1n) is 30.5. The van der Waals surface area contributed by atoms with Crippen molar-refractivity contribution in [2.24, 2.45) is 16.7 Å². The molecule has 3 aromatic carbocycles. The van der Waals surface area contributed by atoms with Gasteiger partial charge in [-0.1, -0.05) is 80.6 Å². The molecule has 2 amide bonds. The smallest absolute Gasteiger partial charge is 0.350 e. The molecule has 3 aliphatic carbocycles. The van der Waals surface area contributed by atoms with Gasteiger partial charge >= 0.3 is 35.8 Å². The SMILES string of the molecule is CC(=O)N[C@@H]1[C@@H](O[C@@H]2O[C@H](C(=O)OCCCC(=O)O[C@@H](C(=O)O[C@H]3C[C@@]4(O)[C@@H](OC(=O)c5ccccc5)[C@@H]5[C@]6(OC(C)=O)CO[C@@H]6C[C@H](O)[C@@]5(C)C(=O)[C@H](OC(C)=O)C(=C3C)C4(C)C)[C@@H](NC(=O)c3ccccc3)c3ccccc3)[C@@H](O)[C@H](O)[C@H]2O)[C@H](O)[C@@H](CO)O[C@H]1O. The molecule has 2 saturated carbocycles. The van der Waals surface area contributed by atoms with Gasteiger partial charge in [-0.25, -0.2) is 14.4 Å². The highest BCUT2D eigenvalue weighted by Gasteiger charge is 2.78. The Bertz CT molecular complexity index is 3350. The van der Waals surface area contributed by atoms with Crippen LogP contribution in [0, 0.1) is 16.7 Å². The average Bonchev–Trinajstić information content (AvgIpc) is 0.670. The van der Waals surface area contributed by atoms with E-state index in [1.165, 1.54) is 64.1 Å².